The molecule has 0 N–H and O–H groups in total. The smallest absolute Gasteiger partial charge is 0.0141 e. The summed E-state index contributed by atoms with van der Waals surface area (Å²) in [6.45, 7) is 6.24. The van der Waals surface area contributed by atoms with Crippen LogP contribution in [0.5, 0.6) is 0 Å². The van der Waals surface area contributed by atoms with Gasteiger partial charge in [-0.15, -0.1) is 0 Å². The molecule has 0 rings (SSSR count). The highest BCUT2D eigenvalue weighted by Crippen LogP contribution is 2.17. The zero-order valence-electron chi connectivity index (χ0n) is 7.60. The zero-order chi connectivity index (χ0) is 8.69. The molecule has 0 aliphatic rings. The van der Waals surface area contributed by atoms with Crippen molar-refractivity contribution in [2.45, 2.75) is 33.6 Å². The summed E-state index contributed by atoms with van der Waals surface area (Å²) >= 11 is 5.88. The Bertz CT molecular complexity index is 145. The van der Waals surface area contributed by atoms with Crippen molar-refractivity contribution in [3.63, 3.8) is 0 Å². The van der Waals surface area contributed by atoms with Crippen LogP contribution in [0.2, 0.25) is 0 Å². The van der Waals surface area contributed by atoms with Crippen LogP contribution in [0.3, 0.4) is 0 Å². The Morgan fingerprint density at radius 1 is 1.45 bits per heavy atom. The van der Waals surface area contributed by atoms with Crippen LogP contribution in [0.15, 0.2) is 23.3 Å². The predicted octanol–water partition coefficient (Wildman–Crippen LogP) is 4.12. The second kappa shape index (κ2) is 6.48. The maximum atomic E-state index is 5.88. The van der Waals surface area contributed by atoms with Gasteiger partial charge >= 0.3 is 0 Å². The van der Waals surface area contributed by atoms with Crippen molar-refractivity contribution in [1.82, 2.24) is 0 Å². The molecule has 1 heteroatoms. The third kappa shape index (κ3) is 6.18. The summed E-state index contributed by atoms with van der Waals surface area (Å²) in [6.07, 6.45) is 8.36. The minimum Gasteiger partial charge on any atom is -0.0917 e. The molecule has 0 radical (unpaired) electrons. The fourth-order valence-electron chi connectivity index (χ4n) is 0.902. The molecule has 0 aromatic heterocycles. The van der Waals surface area contributed by atoms with Gasteiger partial charge in [0.1, 0.15) is 0 Å². The Morgan fingerprint density at radius 3 is 2.55 bits per heavy atom. The van der Waals surface area contributed by atoms with E-state index in [1.807, 2.05) is 19.9 Å². The van der Waals surface area contributed by atoms with E-state index in [1.54, 1.807) is 0 Å². The Balaban J connectivity index is 3.60. The van der Waals surface area contributed by atoms with Crippen molar-refractivity contribution >= 4 is 11.6 Å². The van der Waals surface area contributed by atoms with Crippen molar-refractivity contribution in [1.29, 1.82) is 0 Å². The fraction of sp³-hybridized carbons (Fsp3) is 0.600. The summed E-state index contributed by atoms with van der Waals surface area (Å²) in [7, 11) is 0. The number of halogens is 1. The fourth-order valence-corrected chi connectivity index (χ4v) is 1.17. The molecule has 64 valence electrons. The van der Waals surface area contributed by atoms with E-state index in [1.165, 1.54) is 0 Å². The summed E-state index contributed by atoms with van der Waals surface area (Å²) in [5.41, 5.74) is 0. The molecular weight excluding hydrogens is 156 g/mol. The average Bonchev–Trinajstić information content (AvgIpc) is 2.00. The average molecular weight is 173 g/mol. The second-order valence-corrected chi connectivity index (χ2v) is 3.34. The number of hydrogen-bond donors (Lipinski definition) is 0. The summed E-state index contributed by atoms with van der Waals surface area (Å²) in [5, 5.41) is 0.974. The maximum absolute atomic E-state index is 5.88. The molecule has 0 amide bonds. The molecule has 0 saturated carbocycles. The van der Waals surface area contributed by atoms with Crippen LogP contribution in [0, 0.1) is 5.92 Å². The first-order chi connectivity index (χ1) is 5.20. The topological polar surface area (TPSA) is 0 Å². The van der Waals surface area contributed by atoms with Gasteiger partial charge in [0.05, 0.1) is 0 Å². The van der Waals surface area contributed by atoms with E-state index in [0.29, 0.717) is 5.92 Å². The van der Waals surface area contributed by atoms with Crippen LogP contribution in [0.1, 0.15) is 33.6 Å². The molecule has 0 fully saturated rings. The summed E-state index contributed by atoms with van der Waals surface area (Å²) in [5.74, 6) is 0.662. The van der Waals surface area contributed by atoms with Gasteiger partial charge in [-0.3, -0.25) is 0 Å². The molecule has 1 unspecified atom stereocenters. The Morgan fingerprint density at radius 2 is 2.09 bits per heavy atom. The lowest BCUT2D eigenvalue weighted by molar-refractivity contribution is 0.597. The van der Waals surface area contributed by atoms with Crippen LogP contribution < -0.4 is 0 Å². The van der Waals surface area contributed by atoms with Gasteiger partial charge in [0.15, 0.2) is 0 Å². The van der Waals surface area contributed by atoms with E-state index < -0.39 is 0 Å². The van der Waals surface area contributed by atoms with E-state index in [-0.39, 0.29) is 0 Å². The first-order valence-corrected chi connectivity index (χ1v) is 4.50. The molecule has 0 bridgehead atoms. The van der Waals surface area contributed by atoms with Crippen LogP contribution in [-0.4, -0.2) is 0 Å². The standard InChI is InChI=1S/C10H17Cl/c1-4-6-7-9(3)8-10(11)5-2/h4-6,9H,7-8H2,1-3H3. The van der Waals surface area contributed by atoms with Gasteiger partial charge < -0.3 is 0 Å². The van der Waals surface area contributed by atoms with Crippen molar-refractivity contribution in [3.05, 3.63) is 23.3 Å². The molecule has 0 spiro atoms. The molecule has 0 aliphatic heterocycles. The van der Waals surface area contributed by atoms with E-state index in [2.05, 4.69) is 19.1 Å². The van der Waals surface area contributed by atoms with Gasteiger partial charge in [-0.05, 0) is 32.6 Å². The lowest BCUT2D eigenvalue weighted by atomic mass is 10.0. The highest BCUT2D eigenvalue weighted by atomic mass is 35.5. The second-order valence-electron chi connectivity index (χ2n) is 2.85. The number of hydrogen-bond acceptors (Lipinski definition) is 0. The van der Waals surface area contributed by atoms with E-state index in [4.69, 9.17) is 11.6 Å². The van der Waals surface area contributed by atoms with Gasteiger partial charge in [-0.2, -0.15) is 0 Å². The van der Waals surface area contributed by atoms with Crippen molar-refractivity contribution in [2.75, 3.05) is 0 Å². The molecule has 1 atom stereocenters. The lowest BCUT2D eigenvalue weighted by Crippen LogP contribution is -1.91. The molecule has 0 aromatic carbocycles. The van der Waals surface area contributed by atoms with Gasteiger partial charge in [0.25, 0.3) is 0 Å². The normalized spacial score (nSPS) is 15.8. The molecule has 0 heterocycles. The summed E-state index contributed by atoms with van der Waals surface area (Å²) in [6, 6.07) is 0. The first kappa shape index (κ1) is 10.8. The van der Waals surface area contributed by atoms with Crippen LogP contribution >= 0.6 is 11.6 Å². The third-order valence-electron chi connectivity index (χ3n) is 1.63. The molecule has 0 aliphatic carbocycles. The van der Waals surface area contributed by atoms with Crippen molar-refractivity contribution in [2.24, 2.45) is 5.92 Å². The monoisotopic (exact) mass is 172 g/mol. The van der Waals surface area contributed by atoms with Crippen LogP contribution in [0.25, 0.3) is 0 Å². The van der Waals surface area contributed by atoms with Crippen LogP contribution in [0.4, 0.5) is 0 Å². The van der Waals surface area contributed by atoms with Gasteiger partial charge in [0.2, 0.25) is 0 Å². The Kier molecular flexibility index (Phi) is 6.34. The quantitative estimate of drug-likeness (QED) is 0.560. The molecule has 0 nitrogen and oxygen atoms in total. The van der Waals surface area contributed by atoms with E-state index in [9.17, 15) is 0 Å². The van der Waals surface area contributed by atoms with Gasteiger partial charge in [-0.25, -0.2) is 0 Å². The lowest BCUT2D eigenvalue weighted by Gasteiger charge is -2.06. The summed E-state index contributed by atoms with van der Waals surface area (Å²) in [4.78, 5) is 0. The Labute approximate surface area is 74.9 Å². The van der Waals surface area contributed by atoms with E-state index in [0.717, 1.165) is 17.9 Å². The number of rotatable bonds is 4. The molecule has 0 saturated heterocycles. The predicted molar refractivity (Wildman–Crippen MR) is 52.8 cm³/mol. The minimum atomic E-state index is 0.662. The molecule has 11 heavy (non-hydrogen) atoms. The SMILES string of the molecule is CC=CCC(C)CC(Cl)=CC. The highest BCUT2D eigenvalue weighted by Gasteiger charge is 2.00. The summed E-state index contributed by atoms with van der Waals surface area (Å²) < 4.78 is 0. The zero-order valence-corrected chi connectivity index (χ0v) is 8.36. The van der Waals surface area contributed by atoms with Crippen molar-refractivity contribution in [3.8, 4) is 0 Å². The minimum absolute atomic E-state index is 0.662. The maximum Gasteiger partial charge on any atom is 0.0141 e. The van der Waals surface area contributed by atoms with Crippen LogP contribution in [-0.2, 0) is 0 Å². The third-order valence-corrected chi connectivity index (χ3v) is 2.00. The van der Waals surface area contributed by atoms with Gasteiger partial charge in [-0.1, -0.05) is 36.8 Å². The Hall–Kier alpha value is -0.230. The number of allylic oxidation sites excluding steroid dienone is 4. The highest BCUT2D eigenvalue weighted by molar-refractivity contribution is 6.29. The molecule has 0 aromatic rings. The van der Waals surface area contributed by atoms with Gasteiger partial charge in [0, 0.05) is 5.03 Å². The van der Waals surface area contributed by atoms with Crippen molar-refractivity contribution < 1.29 is 0 Å². The molecular formula is C10H17Cl. The van der Waals surface area contributed by atoms with E-state index >= 15 is 0 Å². The largest absolute Gasteiger partial charge is 0.0917 e. The first-order valence-electron chi connectivity index (χ1n) is 4.12.